The molecular formula is C18H22N10. The standard InChI is InChI=1S/C18H22N10/c1-12-7-15(24-23-12)22-16-8-20-18-21-9-17(28(18)25-16)26-10-13-3-4-14(11-26)27(13)6-2-5-19/h7-9,13-14H,2-4,6,10-11H2,1H3,(H2,22,23,24,25)/t13-,14+. The SMILES string of the molecule is Cc1cc(Nc2cnc3ncc(N4C[C@H]5CC[C@@H](C4)N5CCC#N)n3n2)n[nH]1. The number of nitrogens with one attached hydrogen (secondary N) is 2. The highest BCUT2D eigenvalue weighted by Crippen LogP contribution is 2.32. The second-order valence-electron chi connectivity index (χ2n) is 7.47. The molecule has 10 heteroatoms. The number of nitriles is 1. The molecule has 0 amide bonds. The van der Waals surface area contributed by atoms with Crippen LogP contribution in [0.5, 0.6) is 0 Å². The fourth-order valence-corrected chi connectivity index (χ4v) is 4.37. The number of anilines is 3. The molecule has 2 fully saturated rings. The van der Waals surface area contributed by atoms with Crippen molar-refractivity contribution in [3.63, 3.8) is 0 Å². The lowest BCUT2D eigenvalue weighted by Gasteiger charge is -2.41. The van der Waals surface area contributed by atoms with Crippen molar-refractivity contribution in [1.29, 1.82) is 5.26 Å². The first kappa shape index (κ1) is 16.9. The zero-order chi connectivity index (χ0) is 19.1. The Morgan fingerprint density at radius 2 is 2.00 bits per heavy atom. The number of hydrogen-bond acceptors (Lipinski definition) is 8. The number of imidazole rings is 1. The van der Waals surface area contributed by atoms with Gasteiger partial charge in [0, 0.05) is 49.9 Å². The summed E-state index contributed by atoms with van der Waals surface area (Å²) in [5, 5.41) is 23.9. The fourth-order valence-electron chi connectivity index (χ4n) is 4.37. The van der Waals surface area contributed by atoms with E-state index in [0.29, 0.717) is 35.9 Å². The zero-order valence-corrected chi connectivity index (χ0v) is 15.7. The summed E-state index contributed by atoms with van der Waals surface area (Å²) >= 11 is 0. The monoisotopic (exact) mass is 378 g/mol. The molecule has 2 bridgehead atoms. The van der Waals surface area contributed by atoms with Crippen molar-refractivity contribution in [3.05, 3.63) is 24.2 Å². The summed E-state index contributed by atoms with van der Waals surface area (Å²) < 4.78 is 1.80. The van der Waals surface area contributed by atoms with Crippen LogP contribution in [0, 0.1) is 18.3 Å². The van der Waals surface area contributed by atoms with Crippen LogP contribution < -0.4 is 10.2 Å². The minimum absolute atomic E-state index is 0.485. The number of nitrogens with zero attached hydrogens (tertiary/aromatic N) is 8. The Bertz CT molecular complexity index is 1020. The molecule has 0 radical (unpaired) electrons. The van der Waals surface area contributed by atoms with E-state index < -0.39 is 0 Å². The van der Waals surface area contributed by atoms with Gasteiger partial charge in [0.15, 0.2) is 17.5 Å². The van der Waals surface area contributed by atoms with Gasteiger partial charge in [0.1, 0.15) is 0 Å². The molecule has 144 valence electrons. The smallest absolute Gasteiger partial charge is 0.252 e. The maximum Gasteiger partial charge on any atom is 0.252 e. The first-order valence-corrected chi connectivity index (χ1v) is 9.59. The molecule has 2 aliphatic rings. The molecule has 0 aliphatic carbocycles. The van der Waals surface area contributed by atoms with E-state index >= 15 is 0 Å². The molecule has 5 rings (SSSR count). The quantitative estimate of drug-likeness (QED) is 0.686. The molecule has 0 aromatic carbocycles. The fraction of sp³-hybridized carbons (Fsp3) is 0.500. The van der Waals surface area contributed by atoms with Gasteiger partial charge >= 0.3 is 0 Å². The topological polar surface area (TPSA) is 114 Å². The third-order valence-electron chi connectivity index (χ3n) is 5.61. The number of fused-ring (bicyclic) bond motifs is 3. The van der Waals surface area contributed by atoms with Crippen LogP contribution >= 0.6 is 0 Å². The van der Waals surface area contributed by atoms with Gasteiger partial charge in [-0.2, -0.15) is 14.9 Å². The van der Waals surface area contributed by atoms with Gasteiger partial charge < -0.3 is 10.2 Å². The van der Waals surface area contributed by atoms with Crippen LogP contribution in [0.25, 0.3) is 5.78 Å². The molecule has 2 aliphatic heterocycles. The lowest BCUT2D eigenvalue weighted by molar-refractivity contribution is 0.172. The Labute approximate surface area is 162 Å². The van der Waals surface area contributed by atoms with Crippen molar-refractivity contribution in [2.24, 2.45) is 0 Å². The van der Waals surface area contributed by atoms with E-state index in [1.807, 2.05) is 19.2 Å². The Hall–Kier alpha value is -3.19. The second-order valence-corrected chi connectivity index (χ2v) is 7.47. The molecule has 3 aromatic rings. The largest absolute Gasteiger partial charge is 0.352 e. The van der Waals surface area contributed by atoms with Crippen LogP contribution in [-0.2, 0) is 0 Å². The highest BCUT2D eigenvalue weighted by molar-refractivity contribution is 5.53. The molecule has 0 spiro atoms. The van der Waals surface area contributed by atoms with Crippen LogP contribution in [0.3, 0.4) is 0 Å². The summed E-state index contributed by atoms with van der Waals surface area (Å²) in [7, 11) is 0. The Kier molecular flexibility index (Phi) is 4.09. The first-order chi connectivity index (χ1) is 13.7. The van der Waals surface area contributed by atoms with E-state index in [4.69, 9.17) is 5.26 Å². The van der Waals surface area contributed by atoms with Crippen LogP contribution in [-0.4, -0.2) is 66.4 Å². The minimum Gasteiger partial charge on any atom is -0.352 e. The molecule has 2 atom stereocenters. The molecule has 2 saturated heterocycles. The maximum atomic E-state index is 8.92. The van der Waals surface area contributed by atoms with Crippen LogP contribution in [0.2, 0.25) is 0 Å². The number of piperazine rings is 1. The molecule has 10 nitrogen and oxygen atoms in total. The number of aromatic amines is 1. The summed E-state index contributed by atoms with van der Waals surface area (Å²) in [6.07, 6.45) is 6.47. The Balaban J connectivity index is 1.39. The number of aromatic nitrogens is 6. The van der Waals surface area contributed by atoms with Gasteiger partial charge in [0.05, 0.1) is 18.5 Å². The maximum absolute atomic E-state index is 8.92. The number of rotatable bonds is 5. The minimum atomic E-state index is 0.485. The second kappa shape index (κ2) is 6.76. The molecule has 28 heavy (non-hydrogen) atoms. The van der Waals surface area contributed by atoms with Crippen LogP contribution in [0.1, 0.15) is 25.0 Å². The lowest BCUT2D eigenvalue weighted by Crippen LogP contribution is -2.54. The van der Waals surface area contributed by atoms with E-state index in [1.54, 1.807) is 10.7 Å². The normalized spacial score (nSPS) is 21.9. The first-order valence-electron chi connectivity index (χ1n) is 9.59. The van der Waals surface area contributed by atoms with E-state index in [-0.39, 0.29) is 0 Å². The van der Waals surface area contributed by atoms with Gasteiger partial charge in [0.25, 0.3) is 5.78 Å². The van der Waals surface area contributed by atoms with E-state index in [1.165, 1.54) is 12.8 Å². The van der Waals surface area contributed by atoms with Gasteiger partial charge in [-0.15, -0.1) is 5.10 Å². The van der Waals surface area contributed by atoms with Gasteiger partial charge in [-0.05, 0) is 19.8 Å². The summed E-state index contributed by atoms with van der Waals surface area (Å²) in [6, 6.07) is 5.16. The Morgan fingerprint density at radius 3 is 2.71 bits per heavy atom. The predicted molar refractivity (Wildman–Crippen MR) is 103 cm³/mol. The van der Waals surface area contributed by atoms with Crippen LogP contribution in [0.15, 0.2) is 18.5 Å². The average molecular weight is 378 g/mol. The average Bonchev–Trinajstić information content (AvgIpc) is 3.36. The molecule has 2 N–H and O–H groups in total. The van der Waals surface area contributed by atoms with E-state index in [2.05, 4.69) is 46.4 Å². The number of aryl methyl sites for hydroxylation is 1. The van der Waals surface area contributed by atoms with Gasteiger partial charge in [0.2, 0.25) is 0 Å². The van der Waals surface area contributed by atoms with Crippen molar-refractivity contribution in [2.45, 2.75) is 38.3 Å². The van der Waals surface area contributed by atoms with Crippen molar-refractivity contribution >= 4 is 23.2 Å². The molecular weight excluding hydrogens is 356 g/mol. The summed E-state index contributed by atoms with van der Waals surface area (Å²) in [5.74, 6) is 2.87. The number of H-pyrrole nitrogens is 1. The third-order valence-corrected chi connectivity index (χ3v) is 5.61. The van der Waals surface area contributed by atoms with E-state index in [0.717, 1.165) is 31.1 Å². The highest BCUT2D eigenvalue weighted by Gasteiger charge is 2.40. The molecule has 0 unspecified atom stereocenters. The van der Waals surface area contributed by atoms with Crippen molar-refractivity contribution in [1.82, 2.24) is 34.7 Å². The van der Waals surface area contributed by atoms with Gasteiger partial charge in [-0.3, -0.25) is 10.00 Å². The molecule has 0 saturated carbocycles. The Morgan fingerprint density at radius 1 is 1.21 bits per heavy atom. The summed E-state index contributed by atoms with van der Waals surface area (Å²) in [5.41, 5.74) is 0.976. The molecule has 3 aromatic heterocycles. The zero-order valence-electron chi connectivity index (χ0n) is 15.7. The van der Waals surface area contributed by atoms with Crippen molar-refractivity contribution < 1.29 is 0 Å². The number of hydrogen-bond donors (Lipinski definition) is 2. The van der Waals surface area contributed by atoms with Crippen molar-refractivity contribution in [3.8, 4) is 6.07 Å². The van der Waals surface area contributed by atoms with E-state index in [9.17, 15) is 0 Å². The molecule has 5 heterocycles. The van der Waals surface area contributed by atoms with Crippen LogP contribution in [0.4, 0.5) is 17.5 Å². The van der Waals surface area contributed by atoms with Gasteiger partial charge in [-0.1, -0.05) is 0 Å². The van der Waals surface area contributed by atoms with Crippen molar-refractivity contribution in [2.75, 3.05) is 29.9 Å². The summed E-state index contributed by atoms with van der Waals surface area (Å²) in [6.45, 7) is 4.66. The van der Waals surface area contributed by atoms with Gasteiger partial charge in [-0.25, -0.2) is 9.97 Å². The lowest BCUT2D eigenvalue weighted by atomic mass is 10.2. The predicted octanol–water partition coefficient (Wildman–Crippen LogP) is 1.47. The third kappa shape index (κ3) is 2.93. The summed E-state index contributed by atoms with van der Waals surface area (Å²) in [4.78, 5) is 13.7. The highest BCUT2D eigenvalue weighted by atomic mass is 15.4.